The van der Waals surface area contributed by atoms with Gasteiger partial charge in [0.1, 0.15) is 0 Å². The molecule has 0 N–H and O–H groups in total. The van der Waals surface area contributed by atoms with Crippen LogP contribution >= 0.6 is 34.7 Å². The van der Waals surface area contributed by atoms with E-state index in [-0.39, 0.29) is 18.3 Å². The fourth-order valence-corrected chi connectivity index (χ4v) is 3.13. The Morgan fingerprint density at radius 1 is 1.30 bits per heavy atom. The number of halogens is 1. The summed E-state index contributed by atoms with van der Waals surface area (Å²) in [5, 5.41) is 8.29. The first-order chi connectivity index (χ1) is 11.2. The van der Waals surface area contributed by atoms with Crippen molar-refractivity contribution in [1.82, 2.24) is 10.1 Å². The fourth-order valence-electron chi connectivity index (χ4n) is 1.68. The Kier molecular flexibility index (Phi) is 5.32. The molecule has 0 saturated heterocycles. The molecule has 0 unspecified atom stereocenters. The molecule has 2 aromatic heterocycles. The van der Waals surface area contributed by atoms with E-state index in [2.05, 4.69) is 10.1 Å². The molecule has 118 valence electrons. The van der Waals surface area contributed by atoms with Crippen molar-refractivity contribution < 1.29 is 14.1 Å². The SMILES string of the molecule is O=C(CSc1ccc(Cl)cc1)OCc1noc(-c2ccsc2)n1. The van der Waals surface area contributed by atoms with E-state index >= 15 is 0 Å². The van der Waals surface area contributed by atoms with Crippen molar-refractivity contribution in [1.29, 1.82) is 0 Å². The Morgan fingerprint density at radius 3 is 2.87 bits per heavy atom. The molecule has 0 saturated carbocycles. The first-order valence-corrected chi connectivity index (χ1v) is 8.90. The topological polar surface area (TPSA) is 65.2 Å². The average molecular weight is 367 g/mol. The number of nitrogens with zero attached hydrogens (tertiary/aromatic N) is 2. The van der Waals surface area contributed by atoms with Crippen LogP contribution in [-0.2, 0) is 16.1 Å². The number of rotatable bonds is 6. The lowest BCUT2D eigenvalue weighted by atomic mass is 10.3. The molecule has 23 heavy (non-hydrogen) atoms. The Hall–Kier alpha value is -1.83. The van der Waals surface area contributed by atoms with Crippen LogP contribution < -0.4 is 0 Å². The number of esters is 1. The van der Waals surface area contributed by atoms with Gasteiger partial charge in [0.05, 0.1) is 11.3 Å². The highest BCUT2D eigenvalue weighted by atomic mass is 35.5. The highest BCUT2D eigenvalue weighted by molar-refractivity contribution is 8.00. The van der Waals surface area contributed by atoms with E-state index in [9.17, 15) is 4.79 Å². The second-order valence-corrected chi connectivity index (χ2v) is 6.70. The zero-order chi connectivity index (χ0) is 16.1. The largest absolute Gasteiger partial charge is 0.457 e. The summed E-state index contributed by atoms with van der Waals surface area (Å²) in [6.45, 7) is -0.00630. The van der Waals surface area contributed by atoms with Crippen molar-refractivity contribution in [3.8, 4) is 11.5 Å². The highest BCUT2D eigenvalue weighted by Gasteiger charge is 2.11. The van der Waals surface area contributed by atoms with Crippen LogP contribution in [0.2, 0.25) is 5.02 Å². The second-order valence-electron chi connectivity index (χ2n) is 4.43. The minimum absolute atomic E-state index is 0.00630. The van der Waals surface area contributed by atoms with Gasteiger partial charge in [-0.15, -0.1) is 11.8 Å². The van der Waals surface area contributed by atoms with E-state index in [0.717, 1.165) is 10.5 Å². The van der Waals surface area contributed by atoms with E-state index in [0.29, 0.717) is 16.7 Å². The number of carbonyl (C=O) groups excluding carboxylic acids is 1. The summed E-state index contributed by atoms with van der Waals surface area (Å²) < 4.78 is 10.3. The van der Waals surface area contributed by atoms with Gasteiger partial charge in [0.25, 0.3) is 5.89 Å². The molecular weight excluding hydrogens is 356 g/mol. The lowest BCUT2D eigenvalue weighted by Gasteiger charge is -2.02. The van der Waals surface area contributed by atoms with Crippen LogP contribution in [0.25, 0.3) is 11.5 Å². The molecule has 0 amide bonds. The molecule has 8 heteroatoms. The van der Waals surface area contributed by atoms with Crippen LogP contribution in [0.3, 0.4) is 0 Å². The third-order valence-corrected chi connectivity index (χ3v) is 4.69. The molecule has 0 bridgehead atoms. The molecule has 0 aliphatic rings. The Morgan fingerprint density at radius 2 is 2.13 bits per heavy atom. The summed E-state index contributed by atoms with van der Waals surface area (Å²) in [4.78, 5) is 16.9. The van der Waals surface area contributed by atoms with Crippen LogP contribution in [0.5, 0.6) is 0 Å². The van der Waals surface area contributed by atoms with E-state index < -0.39 is 0 Å². The van der Waals surface area contributed by atoms with Gasteiger partial charge < -0.3 is 9.26 Å². The fraction of sp³-hybridized carbons (Fsp3) is 0.133. The van der Waals surface area contributed by atoms with Gasteiger partial charge >= 0.3 is 5.97 Å². The molecule has 2 heterocycles. The van der Waals surface area contributed by atoms with Crippen LogP contribution in [0.4, 0.5) is 0 Å². The number of thiophene rings is 1. The highest BCUT2D eigenvalue weighted by Crippen LogP contribution is 2.21. The van der Waals surface area contributed by atoms with Crippen LogP contribution in [0.1, 0.15) is 5.82 Å². The first-order valence-electron chi connectivity index (χ1n) is 6.60. The molecule has 3 rings (SSSR count). The minimum atomic E-state index is -0.341. The summed E-state index contributed by atoms with van der Waals surface area (Å²) in [5.41, 5.74) is 0.860. The van der Waals surface area contributed by atoms with Crippen molar-refractivity contribution >= 4 is 40.7 Å². The average Bonchev–Trinajstić information content (AvgIpc) is 3.23. The summed E-state index contributed by atoms with van der Waals surface area (Å²) in [6.07, 6.45) is 0. The van der Waals surface area contributed by atoms with Gasteiger partial charge in [-0.2, -0.15) is 16.3 Å². The predicted molar refractivity (Wildman–Crippen MR) is 89.6 cm³/mol. The molecule has 0 fully saturated rings. The van der Waals surface area contributed by atoms with Crippen molar-refractivity contribution in [3.63, 3.8) is 0 Å². The quantitative estimate of drug-likeness (QED) is 0.479. The van der Waals surface area contributed by atoms with E-state index in [1.54, 1.807) is 23.5 Å². The Labute approximate surface area is 145 Å². The third-order valence-electron chi connectivity index (χ3n) is 2.77. The third kappa shape index (κ3) is 4.57. The number of ether oxygens (including phenoxy) is 1. The summed E-state index contributed by atoms with van der Waals surface area (Å²) in [5.74, 6) is 0.632. The van der Waals surface area contributed by atoms with Crippen LogP contribution in [0.15, 0.2) is 50.5 Å². The zero-order valence-corrected chi connectivity index (χ0v) is 14.2. The molecular formula is C15H11ClN2O3S2. The number of hydrogen-bond donors (Lipinski definition) is 0. The lowest BCUT2D eigenvalue weighted by molar-refractivity contribution is -0.141. The summed E-state index contributed by atoms with van der Waals surface area (Å²) in [7, 11) is 0. The van der Waals surface area contributed by atoms with Crippen molar-refractivity contribution in [2.75, 3.05) is 5.75 Å². The first kappa shape index (κ1) is 16.0. The number of hydrogen-bond acceptors (Lipinski definition) is 7. The minimum Gasteiger partial charge on any atom is -0.457 e. The molecule has 0 atom stereocenters. The molecule has 0 aliphatic heterocycles. The second kappa shape index (κ2) is 7.63. The lowest BCUT2D eigenvalue weighted by Crippen LogP contribution is -2.08. The molecule has 1 aromatic carbocycles. The normalized spacial score (nSPS) is 10.7. The maximum absolute atomic E-state index is 11.7. The van der Waals surface area contributed by atoms with Gasteiger partial charge in [-0.1, -0.05) is 16.8 Å². The van der Waals surface area contributed by atoms with Gasteiger partial charge in [0.15, 0.2) is 6.61 Å². The zero-order valence-electron chi connectivity index (χ0n) is 11.8. The van der Waals surface area contributed by atoms with E-state index in [1.165, 1.54) is 11.8 Å². The Bertz CT molecular complexity index is 772. The monoisotopic (exact) mass is 366 g/mol. The van der Waals surface area contributed by atoms with Crippen molar-refractivity contribution in [2.45, 2.75) is 11.5 Å². The summed E-state index contributed by atoms with van der Waals surface area (Å²) >= 11 is 8.73. The van der Waals surface area contributed by atoms with Gasteiger partial charge in [-0.3, -0.25) is 4.79 Å². The molecule has 0 radical (unpaired) electrons. The predicted octanol–water partition coefficient (Wildman–Crippen LogP) is 4.29. The molecule has 5 nitrogen and oxygen atoms in total. The number of benzene rings is 1. The number of aromatic nitrogens is 2. The maximum Gasteiger partial charge on any atom is 0.316 e. The van der Waals surface area contributed by atoms with Crippen LogP contribution in [-0.4, -0.2) is 21.9 Å². The number of thioether (sulfide) groups is 1. The van der Waals surface area contributed by atoms with Gasteiger partial charge in [-0.25, -0.2) is 0 Å². The smallest absolute Gasteiger partial charge is 0.316 e. The van der Waals surface area contributed by atoms with Gasteiger partial charge in [0, 0.05) is 15.3 Å². The van der Waals surface area contributed by atoms with Crippen LogP contribution in [0, 0.1) is 0 Å². The summed E-state index contributed by atoms with van der Waals surface area (Å²) in [6, 6.07) is 9.15. The number of carbonyl (C=O) groups is 1. The van der Waals surface area contributed by atoms with E-state index in [4.69, 9.17) is 20.9 Å². The molecule has 0 aliphatic carbocycles. The maximum atomic E-state index is 11.7. The van der Waals surface area contributed by atoms with Gasteiger partial charge in [-0.05, 0) is 35.7 Å². The van der Waals surface area contributed by atoms with Gasteiger partial charge in [0.2, 0.25) is 5.82 Å². The van der Waals surface area contributed by atoms with Crippen molar-refractivity contribution in [2.24, 2.45) is 0 Å². The standard InChI is InChI=1S/C15H11ClN2O3S2/c16-11-1-3-12(4-2-11)23-9-14(19)20-7-13-17-15(21-18-13)10-5-6-22-8-10/h1-6,8H,7,9H2. The molecule has 0 spiro atoms. The van der Waals surface area contributed by atoms with Crippen molar-refractivity contribution in [3.05, 3.63) is 51.9 Å². The molecule has 3 aromatic rings. The van der Waals surface area contributed by atoms with E-state index in [1.807, 2.05) is 29.0 Å². The Balaban J connectivity index is 1.46.